The molecular formula is C12H14F3NO2. The summed E-state index contributed by atoms with van der Waals surface area (Å²) in [6.07, 6.45) is -5.39. The predicted molar refractivity (Wildman–Crippen MR) is 60.0 cm³/mol. The Hall–Kier alpha value is -1.56. The van der Waals surface area contributed by atoms with E-state index in [2.05, 4.69) is 4.74 Å². The fourth-order valence-electron chi connectivity index (χ4n) is 1.50. The molecule has 0 heterocycles. The molecule has 0 bridgehead atoms. The van der Waals surface area contributed by atoms with E-state index in [1.165, 1.54) is 19.2 Å². The minimum absolute atomic E-state index is 0.214. The van der Waals surface area contributed by atoms with Crippen molar-refractivity contribution in [3.8, 4) is 0 Å². The van der Waals surface area contributed by atoms with E-state index in [1.807, 2.05) is 0 Å². The van der Waals surface area contributed by atoms with Gasteiger partial charge >= 0.3 is 12.1 Å². The van der Waals surface area contributed by atoms with Gasteiger partial charge in [0.25, 0.3) is 0 Å². The average molecular weight is 261 g/mol. The van der Waals surface area contributed by atoms with Crippen molar-refractivity contribution in [1.82, 2.24) is 0 Å². The van der Waals surface area contributed by atoms with Crippen LogP contribution in [-0.4, -0.2) is 19.3 Å². The predicted octanol–water partition coefficient (Wildman–Crippen LogP) is 2.82. The van der Waals surface area contributed by atoms with E-state index in [0.717, 1.165) is 0 Å². The fourth-order valence-corrected chi connectivity index (χ4v) is 1.50. The van der Waals surface area contributed by atoms with E-state index in [0.29, 0.717) is 5.56 Å². The zero-order valence-electron chi connectivity index (χ0n) is 9.83. The summed E-state index contributed by atoms with van der Waals surface area (Å²) < 4.78 is 40.7. The lowest BCUT2D eigenvalue weighted by atomic mass is 10.0. The number of hydrogen-bond acceptors (Lipinski definition) is 3. The summed E-state index contributed by atoms with van der Waals surface area (Å²) in [7, 11) is 1.23. The summed E-state index contributed by atoms with van der Waals surface area (Å²) in [5.74, 6) is -0.542. The highest BCUT2D eigenvalue weighted by Gasteiger charge is 2.27. The lowest BCUT2D eigenvalue weighted by Crippen LogP contribution is -2.16. The van der Waals surface area contributed by atoms with Crippen LogP contribution in [0, 0.1) is 0 Å². The van der Waals surface area contributed by atoms with Gasteiger partial charge in [0.1, 0.15) is 0 Å². The van der Waals surface area contributed by atoms with Crippen molar-refractivity contribution in [2.24, 2.45) is 5.73 Å². The van der Waals surface area contributed by atoms with Crippen molar-refractivity contribution in [3.63, 3.8) is 0 Å². The van der Waals surface area contributed by atoms with Crippen LogP contribution in [0.3, 0.4) is 0 Å². The van der Waals surface area contributed by atoms with Crippen LogP contribution in [0.15, 0.2) is 24.3 Å². The minimum atomic E-state index is -4.22. The van der Waals surface area contributed by atoms with Crippen molar-refractivity contribution in [1.29, 1.82) is 0 Å². The summed E-state index contributed by atoms with van der Waals surface area (Å²) in [6.45, 7) is 0. The fraction of sp³-hybridized carbons (Fsp3) is 0.417. The van der Waals surface area contributed by atoms with Gasteiger partial charge < -0.3 is 10.5 Å². The van der Waals surface area contributed by atoms with E-state index in [1.54, 1.807) is 12.1 Å². The zero-order valence-corrected chi connectivity index (χ0v) is 9.83. The van der Waals surface area contributed by atoms with Gasteiger partial charge in [0, 0.05) is 12.5 Å². The van der Waals surface area contributed by atoms with Crippen molar-refractivity contribution >= 4 is 5.97 Å². The number of halogens is 3. The zero-order chi connectivity index (χ0) is 13.8. The van der Waals surface area contributed by atoms with Gasteiger partial charge in [-0.2, -0.15) is 13.2 Å². The number of alkyl halides is 3. The van der Waals surface area contributed by atoms with Crippen LogP contribution in [-0.2, 0) is 4.74 Å². The first-order valence-electron chi connectivity index (χ1n) is 5.34. The summed E-state index contributed by atoms with van der Waals surface area (Å²) in [5, 5.41) is 0. The standard InChI is InChI=1S/C12H14F3NO2/c1-18-11(17)9-4-2-3-8(7-9)10(16)5-6-12(13,14)15/h2-4,7,10H,5-6,16H2,1H3/t10-/m0/s1. The molecule has 0 spiro atoms. The molecule has 1 rings (SSSR count). The van der Waals surface area contributed by atoms with Gasteiger partial charge in [-0.15, -0.1) is 0 Å². The lowest BCUT2D eigenvalue weighted by molar-refractivity contribution is -0.136. The van der Waals surface area contributed by atoms with E-state index in [-0.39, 0.29) is 12.0 Å². The first-order chi connectivity index (χ1) is 8.33. The number of esters is 1. The second-order valence-corrected chi connectivity index (χ2v) is 3.88. The van der Waals surface area contributed by atoms with E-state index in [4.69, 9.17) is 5.73 Å². The number of methoxy groups -OCH3 is 1. The van der Waals surface area contributed by atoms with Crippen molar-refractivity contribution in [3.05, 3.63) is 35.4 Å². The van der Waals surface area contributed by atoms with Crippen LogP contribution in [0.25, 0.3) is 0 Å². The first-order valence-corrected chi connectivity index (χ1v) is 5.34. The second kappa shape index (κ2) is 5.86. The van der Waals surface area contributed by atoms with Gasteiger partial charge in [0.15, 0.2) is 0 Å². The molecule has 1 atom stereocenters. The van der Waals surface area contributed by atoms with Gasteiger partial charge in [0.05, 0.1) is 12.7 Å². The molecule has 0 unspecified atom stereocenters. The molecule has 2 N–H and O–H groups in total. The number of carbonyl (C=O) groups is 1. The molecule has 0 aliphatic rings. The lowest BCUT2D eigenvalue weighted by Gasteiger charge is -2.14. The smallest absolute Gasteiger partial charge is 0.389 e. The molecule has 0 aliphatic carbocycles. The molecule has 1 aromatic carbocycles. The number of nitrogens with two attached hydrogens (primary N) is 1. The highest BCUT2D eigenvalue weighted by atomic mass is 19.4. The van der Waals surface area contributed by atoms with Gasteiger partial charge in [-0.1, -0.05) is 12.1 Å². The highest BCUT2D eigenvalue weighted by Crippen LogP contribution is 2.26. The SMILES string of the molecule is COC(=O)c1cccc([C@@H](N)CCC(F)(F)F)c1. The Balaban J connectivity index is 2.74. The Labute approximate surface area is 103 Å². The normalized spacial score (nSPS) is 13.2. The van der Waals surface area contributed by atoms with Gasteiger partial charge in [-0.25, -0.2) is 4.79 Å². The van der Waals surface area contributed by atoms with E-state index >= 15 is 0 Å². The van der Waals surface area contributed by atoms with Gasteiger partial charge in [-0.05, 0) is 24.1 Å². The largest absolute Gasteiger partial charge is 0.465 e. The maximum atomic E-state index is 12.1. The Morgan fingerprint density at radius 2 is 2.11 bits per heavy atom. The maximum Gasteiger partial charge on any atom is 0.389 e. The molecule has 0 amide bonds. The maximum absolute atomic E-state index is 12.1. The average Bonchev–Trinajstić information content (AvgIpc) is 2.34. The highest BCUT2D eigenvalue weighted by molar-refractivity contribution is 5.89. The Morgan fingerprint density at radius 3 is 2.67 bits per heavy atom. The second-order valence-electron chi connectivity index (χ2n) is 3.88. The summed E-state index contributed by atoms with van der Waals surface area (Å²) in [4.78, 5) is 11.3. The molecule has 0 saturated heterocycles. The molecule has 6 heteroatoms. The van der Waals surface area contributed by atoms with Crippen LogP contribution in [0.5, 0.6) is 0 Å². The Morgan fingerprint density at radius 1 is 1.44 bits per heavy atom. The molecule has 0 saturated carbocycles. The van der Waals surface area contributed by atoms with Crippen molar-refractivity contribution < 1.29 is 22.7 Å². The first kappa shape index (κ1) is 14.5. The third-order valence-electron chi connectivity index (χ3n) is 2.47. The monoisotopic (exact) mass is 261 g/mol. The topological polar surface area (TPSA) is 52.3 Å². The third kappa shape index (κ3) is 4.37. The van der Waals surface area contributed by atoms with E-state index in [9.17, 15) is 18.0 Å². The number of carbonyl (C=O) groups excluding carboxylic acids is 1. The molecule has 1 aromatic rings. The molecular weight excluding hydrogens is 247 g/mol. The summed E-state index contributed by atoms with van der Waals surface area (Å²) >= 11 is 0. The Kier molecular flexibility index (Phi) is 4.72. The van der Waals surface area contributed by atoms with Crippen LogP contribution in [0.1, 0.15) is 34.8 Å². The summed E-state index contributed by atoms with van der Waals surface area (Å²) in [6, 6.07) is 5.37. The number of benzene rings is 1. The summed E-state index contributed by atoms with van der Waals surface area (Å²) in [5.41, 5.74) is 6.42. The quantitative estimate of drug-likeness (QED) is 0.848. The van der Waals surface area contributed by atoms with Crippen LogP contribution < -0.4 is 5.73 Å². The van der Waals surface area contributed by atoms with Crippen LogP contribution in [0.4, 0.5) is 13.2 Å². The molecule has 0 radical (unpaired) electrons. The molecule has 0 fully saturated rings. The molecule has 100 valence electrons. The van der Waals surface area contributed by atoms with Crippen molar-refractivity contribution in [2.45, 2.75) is 25.1 Å². The van der Waals surface area contributed by atoms with Gasteiger partial charge in [-0.3, -0.25) is 0 Å². The van der Waals surface area contributed by atoms with Crippen molar-refractivity contribution in [2.75, 3.05) is 7.11 Å². The number of rotatable bonds is 4. The number of hydrogen-bond donors (Lipinski definition) is 1. The molecule has 0 aliphatic heterocycles. The van der Waals surface area contributed by atoms with Crippen LogP contribution >= 0.6 is 0 Å². The Bertz CT molecular complexity index is 418. The molecule has 3 nitrogen and oxygen atoms in total. The van der Waals surface area contributed by atoms with E-state index < -0.39 is 24.6 Å². The third-order valence-corrected chi connectivity index (χ3v) is 2.47. The molecule has 18 heavy (non-hydrogen) atoms. The molecule has 0 aromatic heterocycles. The van der Waals surface area contributed by atoms with Gasteiger partial charge in [0.2, 0.25) is 0 Å². The minimum Gasteiger partial charge on any atom is -0.465 e. The van der Waals surface area contributed by atoms with Crippen LogP contribution in [0.2, 0.25) is 0 Å². The number of ether oxygens (including phenoxy) is 1.